The Kier molecular flexibility index (Phi) is 5.71. The van der Waals surface area contributed by atoms with Crippen molar-refractivity contribution in [2.45, 2.75) is 32.7 Å². The zero-order chi connectivity index (χ0) is 15.4. The minimum atomic E-state index is 0.233. The lowest BCUT2D eigenvalue weighted by atomic mass is 9.99. The zero-order valence-electron chi connectivity index (χ0n) is 12.2. The number of aromatic hydroxyl groups is 1. The molecule has 0 amide bonds. The van der Waals surface area contributed by atoms with E-state index in [0.29, 0.717) is 21.4 Å². The molecule has 0 aromatic heterocycles. The second-order valence-electron chi connectivity index (χ2n) is 5.19. The standard InChI is InChI=1S/C17H19Br2NO/c1-3-11(2)13-4-6-14(7-5-13)20-10-12-8-15(18)17(21)16(19)9-12/h4-9,11,20-21H,3,10H2,1-2H3. The van der Waals surface area contributed by atoms with E-state index >= 15 is 0 Å². The van der Waals surface area contributed by atoms with Crippen molar-refractivity contribution in [2.24, 2.45) is 0 Å². The molecule has 0 heterocycles. The maximum atomic E-state index is 9.71. The number of anilines is 1. The van der Waals surface area contributed by atoms with Gasteiger partial charge >= 0.3 is 0 Å². The van der Waals surface area contributed by atoms with E-state index in [1.807, 2.05) is 12.1 Å². The van der Waals surface area contributed by atoms with Gasteiger partial charge in [0.05, 0.1) is 8.95 Å². The molecule has 2 rings (SSSR count). The largest absolute Gasteiger partial charge is 0.506 e. The van der Waals surface area contributed by atoms with Crippen molar-refractivity contribution < 1.29 is 5.11 Å². The highest BCUT2D eigenvalue weighted by Gasteiger charge is 2.06. The molecule has 2 aromatic carbocycles. The molecular formula is C17H19Br2NO. The van der Waals surface area contributed by atoms with Crippen molar-refractivity contribution in [1.29, 1.82) is 0 Å². The van der Waals surface area contributed by atoms with Crippen molar-refractivity contribution in [2.75, 3.05) is 5.32 Å². The van der Waals surface area contributed by atoms with Crippen molar-refractivity contribution in [3.63, 3.8) is 0 Å². The summed E-state index contributed by atoms with van der Waals surface area (Å²) in [5.41, 5.74) is 3.57. The summed E-state index contributed by atoms with van der Waals surface area (Å²) in [6, 6.07) is 12.4. The Hall–Kier alpha value is -1.000. The van der Waals surface area contributed by atoms with Crippen LogP contribution in [0.1, 0.15) is 37.3 Å². The summed E-state index contributed by atoms with van der Waals surface area (Å²) in [4.78, 5) is 0. The number of rotatable bonds is 5. The molecule has 4 heteroatoms. The third-order valence-corrected chi connectivity index (χ3v) is 4.87. The first-order chi connectivity index (χ1) is 10.0. The fraction of sp³-hybridized carbons (Fsp3) is 0.294. The molecule has 2 nitrogen and oxygen atoms in total. The molecule has 112 valence electrons. The van der Waals surface area contributed by atoms with Crippen molar-refractivity contribution >= 4 is 37.5 Å². The zero-order valence-corrected chi connectivity index (χ0v) is 15.3. The number of phenols is 1. The lowest BCUT2D eigenvalue weighted by Crippen LogP contribution is -2.00. The Morgan fingerprint density at radius 2 is 1.67 bits per heavy atom. The molecule has 0 fully saturated rings. The van der Waals surface area contributed by atoms with Crippen LogP contribution in [0.4, 0.5) is 5.69 Å². The normalized spacial score (nSPS) is 12.2. The smallest absolute Gasteiger partial charge is 0.143 e. The SMILES string of the molecule is CCC(C)c1ccc(NCc2cc(Br)c(O)c(Br)c2)cc1. The van der Waals surface area contributed by atoms with Gasteiger partial charge in [-0.15, -0.1) is 0 Å². The molecule has 1 atom stereocenters. The van der Waals surface area contributed by atoms with Gasteiger partial charge in [-0.2, -0.15) is 0 Å². The predicted octanol–water partition coefficient (Wildman–Crippen LogP) is 6.04. The first-order valence-electron chi connectivity index (χ1n) is 7.02. The molecule has 21 heavy (non-hydrogen) atoms. The molecule has 0 saturated heterocycles. The van der Waals surface area contributed by atoms with Crippen LogP contribution >= 0.6 is 31.9 Å². The molecule has 0 radical (unpaired) electrons. The fourth-order valence-corrected chi connectivity index (χ4v) is 3.37. The molecule has 0 bridgehead atoms. The Balaban J connectivity index is 2.03. The highest BCUT2D eigenvalue weighted by Crippen LogP contribution is 2.33. The highest BCUT2D eigenvalue weighted by atomic mass is 79.9. The van der Waals surface area contributed by atoms with Gasteiger partial charge in [0.2, 0.25) is 0 Å². The Bertz CT molecular complexity index is 588. The van der Waals surface area contributed by atoms with Crippen LogP contribution in [0.2, 0.25) is 0 Å². The van der Waals surface area contributed by atoms with Gasteiger partial charge in [-0.05, 0) is 79.6 Å². The van der Waals surface area contributed by atoms with Gasteiger partial charge in [-0.3, -0.25) is 0 Å². The summed E-state index contributed by atoms with van der Waals surface area (Å²) in [5.74, 6) is 0.833. The van der Waals surface area contributed by atoms with E-state index in [-0.39, 0.29) is 5.75 Å². The van der Waals surface area contributed by atoms with Gasteiger partial charge in [0.15, 0.2) is 0 Å². The molecule has 0 aliphatic rings. The van der Waals surface area contributed by atoms with E-state index in [1.165, 1.54) is 5.56 Å². The lowest BCUT2D eigenvalue weighted by molar-refractivity contribution is 0.468. The summed E-state index contributed by atoms with van der Waals surface area (Å²) in [5, 5.41) is 13.1. The number of hydrogen-bond donors (Lipinski definition) is 2. The summed E-state index contributed by atoms with van der Waals surface area (Å²) in [6.45, 7) is 5.16. The maximum absolute atomic E-state index is 9.71. The number of nitrogens with one attached hydrogen (secondary N) is 1. The lowest BCUT2D eigenvalue weighted by Gasteiger charge is -2.12. The van der Waals surface area contributed by atoms with Crippen LogP contribution in [0.25, 0.3) is 0 Å². The fourth-order valence-electron chi connectivity index (χ4n) is 2.09. The predicted molar refractivity (Wildman–Crippen MR) is 96.0 cm³/mol. The molecule has 2 N–H and O–H groups in total. The van der Waals surface area contributed by atoms with Crippen LogP contribution < -0.4 is 5.32 Å². The van der Waals surface area contributed by atoms with Crippen LogP contribution in [-0.4, -0.2) is 5.11 Å². The van der Waals surface area contributed by atoms with Gasteiger partial charge in [-0.1, -0.05) is 26.0 Å². The number of hydrogen-bond acceptors (Lipinski definition) is 2. The number of phenolic OH excluding ortho intramolecular Hbond substituents is 1. The first-order valence-corrected chi connectivity index (χ1v) is 8.60. The molecule has 0 saturated carbocycles. The van der Waals surface area contributed by atoms with Crippen LogP contribution in [0.3, 0.4) is 0 Å². The number of halogens is 2. The summed E-state index contributed by atoms with van der Waals surface area (Å²) < 4.78 is 1.39. The number of benzene rings is 2. The monoisotopic (exact) mass is 411 g/mol. The van der Waals surface area contributed by atoms with E-state index in [2.05, 4.69) is 75.3 Å². The van der Waals surface area contributed by atoms with E-state index in [1.54, 1.807) is 0 Å². The second-order valence-corrected chi connectivity index (χ2v) is 6.90. The summed E-state index contributed by atoms with van der Waals surface area (Å²) >= 11 is 6.70. The average Bonchev–Trinajstić information content (AvgIpc) is 2.50. The minimum absolute atomic E-state index is 0.233. The van der Waals surface area contributed by atoms with Crippen LogP contribution in [0.5, 0.6) is 5.75 Å². The van der Waals surface area contributed by atoms with Gasteiger partial charge < -0.3 is 10.4 Å². The third-order valence-electron chi connectivity index (χ3n) is 3.67. The Morgan fingerprint density at radius 3 is 2.19 bits per heavy atom. The van der Waals surface area contributed by atoms with Gasteiger partial charge in [0, 0.05) is 12.2 Å². The third kappa shape index (κ3) is 4.24. The molecular weight excluding hydrogens is 394 g/mol. The van der Waals surface area contributed by atoms with Crippen molar-refractivity contribution in [1.82, 2.24) is 0 Å². The Labute approximate surface area is 142 Å². The minimum Gasteiger partial charge on any atom is -0.506 e. The quantitative estimate of drug-likeness (QED) is 0.626. The average molecular weight is 413 g/mol. The topological polar surface area (TPSA) is 32.3 Å². The Morgan fingerprint density at radius 1 is 1.10 bits per heavy atom. The summed E-state index contributed by atoms with van der Waals surface area (Å²) in [7, 11) is 0. The molecule has 0 aliphatic carbocycles. The second kappa shape index (κ2) is 7.32. The van der Waals surface area contributed by atoms with Gasteiger partial charge in [-0.25, -0.2) is 0 Å². The van der Waals surface area contributed by atoms with E-state index in [4.69, 9.17) is 0 Å². The van der Waals surface area contributed by atoms with Crippen LogP contribution in [0.15, 0.2) is 45.3 Å². The van der Waals surface area contributed by atoms with Crippen LogP contribution in [0, 0.1) is 0 Å². The van der Waals surface area contributed by atoms with Gasteiger partial charge in [0.25, 0.3) is 0 Å². The molecule has 0 aliphatic heterocycles. The highest BCUT2D eigenvalue weighted by molar-refractivity contribution is 9.11. The van der Waals surface area contributed by atoms with Crippen LogP contribution in [-0.2, 0) is 6.54 Å². The molecule has 0 spiro atoms. The van der Waals surface area contributed by atoms with E-state index in [9.17, 15) is 5.11 Å². The van der Waals surface area contributed by atoms with E-state index < -0.39 is 0 Å². The van der Waals surface area contributed by atoms with Crippen molar-refractivity contribution in [3.05, 3.63) is 56.5 Å². The maximum Gasteiger partial charge on any atom is 0.143 e. The summed E-state index contributed by atoms with van der Waals surface area (Å²) in [6.07, 6.45) is 1.16. The van der Waals surface area contributed by atoms with Crippen molar-refractivity contribution in [3.8, 4) is 5.75 Å². The molecule has 1 unspecified atom stereocenters. The molecule has 2 aromatic rings. The van der Waals surface area contributed by atoms with Gasteiger partial charge in [0.1, 0.15) is 5.75 Å². The van der Waals surface area contributed by atoms with E-state index in [0.717, 1.165) is 17.7 Å². The first kappa shape index (κ1) is 16.4.